The van der Waals surface area contributed by atoms with E-state index in [1.165, 1.54) is 14.2 Å². The Balaban J connectivity index is 1.96. The van der Waals surface area contributed by atoms with Gasteiger partial charge < -0.3 is 28.4 Å². The standard InChI is InChI=1S/C32H44N2O8/c1-7-22(8-2)32(21-33,25-19-28(39-9-3)30(37-5)31(38-6)29(25)40-10-4)17-13-14-23(34(35)36)18-24-20-41-26-15-11-12-16-27(26)42-24/h11-12,15-16,19,22-24H,7-10,13-14,17-18,20H2,1-6H3. The third-order valence-electron chi connectivity index (χ3n) is 8.02. The summed E-state index contributed by atoms with van der Waals surface area (Å²) in [5.74, 6) is 2.84. The van der Waals surface area contributed by atoms with Gasteiger partial charge in [-0.05, 0) is 50.8 Å². The van der Waals surface area contributed by atoms with Crippen molar-refractivity contribution in [3.05, 3.63) is 46.0 Å². The zero-order valence-corrected chi connectivity index (χ0v) is 25.6. The molecule has 1 aliphatic rings. The number of fused-ring (bicyclic) bond motifs is 1. The predicted octanol–water partition coefficient (Wildman–Crippen LogP) is 6.74. The van der Waals surface area contributed by atoms with Crippen LogP contribution in [-0.2, 0) is 5.41 Å². The monoisotopic (exact) mass is 584 g/mol. The minimum absolute atomic E-state index is 0.0464. The van der Waals surface area contributed by atoms with Crippen molar-refractivity contribution in [2.24, 2.45) is 5.92 Å². The molecule has 0 bridgehead atoms. The highest BCUT2D eigenvalue weighted by molar-refractivity contribution is 5.65. The molecule has 2 aromatic carbocycles. The smallest absolute Gasteiger partial charge is 0.216 e. The number of methoxy groups -OCH3 is 2. The topological polar surface area (TPSA) is 122 Å². The average molecular weight is 585 g/mol. The van der Waals surface area contributed by atoms with Crippen molar-refractivity contribution in [3.8, 4) is 40.6 Å². The molecule has 0 amide bonds. The Kier molecular flexibility index (Phi) is 12.0. The van der Waals surface area contributed by atoms with Crippen LogP contribution in [0.3, 0.4) is 0 Å². The van der Waals surface area contributed by atoms with Gasteiger partial charge in [0.2, 0.25) is 17.5 Å². The minimum atomic E-state index is -1.01. The van der Waals surface area contributed by atoms with Crippen molar-refractivity contribution in [1.82, 2.24) is 0 Å². The van der Waals surface area contributed by atoms with Crippen molar-refractivity contribution in [2.45, 2.75) is 83.8 Å². The molecule has 1 heterocycles. The van der Waals surface area contributed by atoms with Crippen LogP contribution in [0.4, 0.5) is 0 Å². The van der Waals surface area contributed by atoms with E-state index in [0.29, 0.717) is 66.1 Å². The first kappa shape index (κ1) is 32.6. The number of hydrogen-bond acceptors (Lipinski definition) is 9. The fourth-order valence-electron chi connectivity index (χ4n) is 6.02. The minimum Gasteiger partial charge on any atom is -0.490 e. The Morgan fingerprint density at radius 3 is 2.29 bits per heavy atom. The number of hydrogen-bond donors (Lipinski definition) is 0. The van der Waals surface area contributed by atoms with E-state index in [1.807, 2.05) is 38.1 Å². The molecule has 42 heavy (non-hydrogen) atoms. The number of nitriles is 1. The number of rotatable bonds is 17. The van der Waals surface area contributed by atoms with E-state index in [4.69, 9.17) is 28.4 Å². The summed E-state index contributed by atoms with van der Waals surface area (Å²) in [6, 6.07) is 10.9. The van der Waals surface area contributed by atoms with Gasteiger partial charge in [-0.15, -0.1) is 0 Å². The van der Waals surface area contributed by atoms with Crippen LogP contribution < -0.4 is 28.4 Å². The fraction of sp³-hybridized carbons (Fsp3) is 0.594. The second-order valence-electron chi connectivity index (χ2n) is 10.3. The van der Waals surface area contributed by atoms with Crippen LogP contribution in [0, 0.1) is 27.4 Å². The van der Waals surface area contributed by atoms with Crippen molar-refractivity contribution in [1.29, 1.82) is 5.26 Å². The van der Waals surface area contributed by atoms with Crippen LogP contribution in [0.1, 0.15) is 71.8 Å². The van der Waals surface area contributed by atoms with Gasteiger partial charge in [0.1, 0.15) is 12.7 Å². The molecular formula is C32H44N2O8. The van der Waals surface area contributed by atoms with Crippen LogP contribution in [0.15, 0.2) is 30.3 Å². The summed E-state index contributed by atoms with van der Waals surface area (Å²) in [4.78, 5) is 11.9. The summed E-state index contributed by atoms with van der Waals surface area (Å²) in [6.07, 6.45) is 2.38. The highest BCUT2D eigenvalue weighted by atomic mass is 16.6. The van der Waals surface area contributed by atoms with Crippen molar-refractivity contribution < 1.29 is 33.3 Å². The van der Waals surface area contributed by atoms with E-state index < -0.39 is 17.6 Å². The molecule has 0 saturated heterocycles. The van der Waals surface area contributed by atoms with Gasteiger partial charge in [-0.25, -0.2) is 0 Å². The lowest BCUT2D eigenvalue weighted by Crippen LogP contribution is -2.37. The quantitative estimate of drug-likeness (QED) is 0.147. The SMILES string of the molecule is CCOc1cc(C(C#N)(CCCC(CC2COc3ccccc3O2)[N+](=O)[O-])C(CC)CC)c(OCC)c(OC)c1OC. The predicted molar refractivity (Wildman–Crippen MR) is 159 cm³/mol. The van der Waals surface area contributed by atoms with Gasteiger partial charge in [0.15, 0.2) is 23.0 Å². The van der Waals surface area contributed by atoms with Gasteiger partial charge in [-0.2, -0.15) is 5.26 Å². The lowest BCUT2D eigenvalue weighted by Gasteiger charge is -2.37. The maximum atomic E-state index is 12.1. The first-order valence-corrected chi connectivity index (χ1v) is 14.8. The van der Waals surface area contributed by atoms with Gasteiger partial charge in [0.25, 0.3) is 0 Å². The molecule has 0 saturated carbocycles. The fourth-order valence-corrected chi connectivity index (χ4v) is 6.02. The normalized spacial score (nSPS) is 16.2. The molecule has 0 fully saturated rings. The molecule has 3 atom stereocenters. The number of para-hydroxylation sites is 2. The van der Waals surface area contributed by atoms with Gasteiger partial charge in [-0.1, -0.05) is 38.8 Å². The van der Waals surface area contributed by atoms with E-state index in [1.54, 1.807) is 6.07 Å². The Hall–Kier alpha value is -3.87. The molecule has 0 radical (unpaired) electrons. The lowest BCUT2D eigenvalue weighted by atomic mass is 9.65. The zero-order valence-electron chi connectivity index (χ0n) is 25.6. The Morgan fingerprint density at radius 2 is 1.71 bits per heavy atom. The number of benzene rings is 2. The molecule has 0 N–H and O–H groups in total. The molecule has 3 rings (SSSR count). The van der Waals surface area contributed by atoms with E-state index in [0.717, 1.165) is 12.8 Å². The van der Waals surface area contributed by atoms with E-state index >= 15 is 0 Å². The zero-order chi connectivity index (χ0) is 30.7. The van der Waals surface area contributed by atoms with Crippen LogP contribution in [0.2, 0.25) is 0 Å². The van der Waals surface area contributed by atoms with E-state index in [2.05, 4.69) is 19.9 Å². The maximum absolute atomic E-state index is 12.1. The Bertz CT molecular complexity index is 1230. The number of ether oxygens (including phenoxy) is 6. The maximum Gasteiger partial charge on any atom is 0.216 e. The first-order chi connectivity index (χ1) is 20.3. The van der Waals surface area contributed by atoms with E-state index in [-0.39, 0.29) is 30.3 Å². The van der Waals surface area contributed by atoms with Crippen LogP contribution in [0.5, 0.6) is 34.5 Å². The van der Waals surface area contributed by atoms with Gasteiger partial charge >= 0.3 is 0 Å². The molecule has 1 aliphatic heterocycles. The van der Waals surface area contributed by atoms with Crippen LogP contribution in [0.25, 0.3) is 0 Å². The highest BCUT2D eigenvalue weighted by Crippen LogP contribution is 2.54. The third kappa shape index (κ3) is 6.94. The molecule has 3 unspecified atom stereocenters. The summed E-state index contributed by atoms with van der Waals surface area (Å²) in [7, 11) is 3.06. The number of nitro groups is 1. The number of nitrogens with zero attached hydrogens (tertiary/aromatic N) is 2. The van der Waals surface area contributed by atoms with Crippen LogP contribution >= 0.6 is 0 Å². The van der Waals surface area contributed by atoms with Crippen molar-refractivity contribution in [3.63, 3.8) is 0 Å². The summed E-state index contributed by atoms with van der Waals surface area (Å²) in [5, 5.41) is 23.1. The molecule has 10 heteroatoms. The Morgan fingerprint density at radius 1 is 1.05 bits per heavy atom. The molecule has 0 aliphatic carbocycles. The summed E-state index contributed by atoms with van der Waals surface area (Å²) in [6.45, 7) is 8.85. The van der Waals surface area contributed by atoms with Crippen molar-refractivity contribution in [2.75, 3.05) is 34.0 Å². The lowest BCUT2D eigenvalue weighted by molar-refractivity contribution is -0.526. The molecule has 2 aromatic rings. The summed E-state index contributed by atoms with van der Waals surface area (Å²) < 4.78 is 35.3. The molecule has 0 aromatic heterocycles. The third-order valence-corrected chi connectivity index (χ3v) is 8.02. The van der Waals surface area contributed by atoms with Gasteiger partial charge in [0, 0.05) is 16.9 Å². The highest BCUT2D eigenvalue weighted by Gasteiger charge is 2.44. The van der Waals surface area contributed by atoms with Gasteiger partial charge in [0.05, 0.1) is 45.3 Å². The largest absolute Gasteiger partial charge is 0.490 e. The first-order valence-electron chi connectivity index (χ1n) is 14.8. The molecule has 0 spiro atoms. The van der Waals surface area contributed by atoms with E-state index in [9.17, 15) is 15.4 Å². The Labute approximate surface area is 249 Å². The van der Waals surface area contributed by atoms with Crippen LogP contribution in [-0.4, -0.2) is 51.1 Å². The molecule has 10 nitrogen and oxygen atoms in total. The molecule has 230 valence electrons. The second kappa shape index (κ2) is 15.4. The van der Waals surface area contributed by atoms with Crippen molar-refractivity contribution >= 4 is 0 Å². The molecular weight excluding hydrogens is 540 g/mol. The average Bonchev–Trinajstić information content (AvgIpc) is 3.00. The second-order valence-corrected chi connectivity index (χ2v) is 10.3. The van der Waals surface area contributed by atoms with Gasteiger partial charge in [-0.3, -0.25) is 10.1 Å². The summed E-state index contributed by atoms with van der Waals surface area (Å²) in [5.41, 5.74) is -0.357. The summed E-state index contributed by atoms with van der Waals surface area (Å²) >= 11 is 0.